The largest absolute Gasteiger partial charge is 0.481 e. The summed E-state index contributed by atoms with van der Waals surface area (Å²) in [5, 5.41) is 20.3. The molecule has 1 fully saturated rings. The second kappa shape index (κ2) is 13.1. The fraction of sp³-hybridized carbons (Fsp3) is 0.812. The van der Waals surface area contributed by atoms with E-state index in [1.165, 1.54) is 25.7 Å². The third kappa shape index (κ3) is 13.6. The summed E-state index contributed by atoms with van der Waals surface area (Å²) < 4.78 is 0. The first kappa shape index (κ1) is 19.1. The van der Waals surface area contributed by atoms with Gasteiger partial charge in [0, 0.05) is 19.0 Å². The van der Waals surface area contributed by atoms with E-state index in [0.29, 0.717) is 12.5 Å². The van der Waals surface area contributed by atoms with Crippen LogP contribution in [0.25, 0.3) is 0 Å². The van der Waals surface area contributed by atoms with E-state index in [2.05, 4.69) is 18.8 Å². The highest BCUT2D eigenvalue weighted by molar-refractivity contribution is 5.66. The molecule has 1 aliphatic rings. The fourth-order valence-corrected chi connectivity index (χ4v) is 2.18. The Hall–Kier alpha value is -0.870. The van der Waals surface area contributed by atoms with Crippen LogP contribution in [0.3, 0.4) is 0 Å². The molecular formula is C16H31NO3. The Morgan fingerprint density at radius 1 is 1.25 bits per heavy atom. The molecule has 0 aromatic carbocycles. The molecule has 1 aliphatic heterocycles. The van der Waals surface area contributed by atoms with Crippen molar-refractivity contribution in [2.24, 2.45) is 0 Å². The molecule has 1 saturated heterocycles. The Morgan fingerprint density at radius 2 is 1.85 bits per heavy atom. The summed E-state index contributed by atoms with van der Waals surface area (Å²) in [6, 6.07) is 0.523. The van der Waals surface area contributed by atoms with E-state index >= 15 is 0 Å². The summed E-state index contributed by atoms with van der Waals surface area (Å²) in [5.74, 6) is -0.674. The van der Waals surface area contributed by atoms with Crippen LogP contribution < -0.4 is 5.32 Å². The summed E-state index contributed by atoms with van der Waals surface area (Å²) >= 11 is 0. The van der Waals surface area contributed by atoms with E-state index in [-0.39, 0.29) is 6.10 Å². The van der Waals surface area contributed by atoms with Gasteiger partial charge in [0.15, 0.2) is 0 Å². The minimum Gasteiger partial charge on any atom is -0.481 e. The molecule has 20 heavy (non-hydrogen) atoms. The van der Waals surface area contributed by atoms with E-state index in [1.807, 2.05) is 6.08 Å². The molecule has 4 nitrogen and oxygen atoms in total. The predicted octanol–water partition coefficient (Wildman–Crippen LogP) is 3.11. The molecule has 0 aromatic heterocycles. The van der Waals surface area contributed by atoms with E-state index in [9.17, 15) is 4.79 Å². The summed E-state index contributed by atoms with van der Waals surface area (Å²) in [6.45, 7) is 6.52. The van der Waals surface area contributed by atoms with Crippen LogP contribution >= 0.6 is 0 Å². The minimum atomic E-state index is -0.674. The van der Waals surface area contributed by atoms with Gasteiger partial charge in [0.2, 0.25) is 0 Å². The van der Waals surface area contributed by atoms with Crippen LogP contribution in [0, 0.1) is 0 Å². The average molecular weight is 285 g/mol. The third-order valence-corrected chi connectivity index (χ3v) is 3.38. The van der Waals surface area contributed by atoms with Crippen molar-refractivity contribution >= 4 is 5.97 Å². The van der Waals surface area contributed by atoms with Crippen molar-refractivity contribution in [3.05, 3.63) is 12.7 Å². The van der Waals surface area contributed by atoms with Gasteiger partial charge in [0.1, 0.15) is 0 Å². The maximum atomic E-state index is 10.2. The number of unbranched alkanes of at least 4 members (excludes halogenated alkanes) is 6. The number of allylic oxidation sites excluding steroid dienone is 1. The van der Waals surface area contributed by atoms with Crippen LogP contribution in [0.5, 0.6) is 0 Å². The van der Waals surface area contributed by atoms with E-state index in [1.54, 1.807) is 0 Å². The second-order valence-corrected chi connectivity index (χ2v) is 5.54. The third-order valence-electron chi connectivity index (χ3n) is 3.38. The molecule has 0 amide bonds. The second-order valence-electron chi connectivity index (χ2n) is 5.54. The Balaban J connectivity index is 0.000000428. The Kier molecular flexibility index (Phi) is 12.6. The number of carboxylic acid groups (broad SMARTS) is 1. The number of β-amino-alcohol motifs (C(OH)–C–C–N with tert-alkyl or cyclic N) is 1. The normalized spacial score (nSPS) is 21.1. The van der Waals surface area contributed by atoms with Crippen molar-refractivity contribution in [1.29, 1.82) is 0 Å². The van der Waals surface area contributed by atoms with Gasteiger partial charge in [-0.3, -0.25) is 4.79 Å². The Bertz CT molecular complexity index is 248. The predicted molar refractivity (Wildman–Crippen MR) is 82.9 cm³/mol. The lowest BCUT2D eigenvalue weighted by Gasteiger charge is -1.98. The highest BCUT2D eigenvalue weighted by Crippen LogP contribution is 2.08. The van der Waals surface area contributed by atoms with Gasteiger partial charge in [-0.05, 0) is 32.6 Å². The molecule has 2 atom stereocenters. The minimum absolute atomic E-state index is 0.0880. The Labute approximate surface area is 123 Å². The maximum Gasteiger partial charge on any atom is 0.303 e. The monoisotopic (exact) mass is 285 g/mol. The average Bonchev–Trinajstić information content (AvgIpc) is 2.77. The van der Waals surface area contributed by atoms with Crippen molar-refractivity contribution in [3.63, 3.8) is 0 Å². The first-order valence-electron chi connectivity index (χ1n) is 7.80. The highest BCUT2D eigenvalue weighted by Gasteiger charge is 2.16. The van der Waals surface area contributed by atoms with Gasteiger partial charge < -0.3 is 15.5 Å². The first-order chi connectivity index (χ1) is 9.56. The number of rotatable bonds is 9. The van der Waals surface area contributed by atoms with E-state index in [0.717, 1.165) is 32.2 Å². The lowest BCUT2D eigenvalue weighted by atomic mass is 10.1. The number of hydrogen-bond donors (Lipinski definition) is 3. The zero-order valence-electron chi connectivity index (χ0n) is 12.8. The lowest BCUT2D eigenvalue weighted by Crippen LogP contribution is -2.17. The molecule has 0 saturated carbocycles. The molecule has 3 N–H and O–H groups in total. The number of aliphatic hydroxyl groups excluding tert-OH is 1. The number of carboxylic acids is 1. The first-order valence-corrected chi connectivity index (χ1v) is 7.80. The maximum absolute atomic E-state index is 10.2. The van der Waals surface area contributed by atoms with Crippen LogP contribution in [-0.2, 0) is 4.79 Å². The lowest BCUT2D eigenvalue weighted by molar-refractivity contribution is -0.137. The molecule has 1 rings (SSSR count). The number of carbonyl (C=O) groups is 1. The summed E-state index contributed by atoms with van der Waals surface area (Å²) in [5.41, 5.74) is 0. The van der Waals surface area contributed by atoms with Gasteiger partial charge in [-0.25, -0.2) is 0 Å². The number of aliphatic carboxylic acids is 1. The molecule has 0 spiro atoms. The van der Waals surface area contributed by atoms with Crippen LogP contribution in [0.15, 0.2) is 12.7 Å². The van der Waals surface area contributed by atoms with Crippen molar-refractivity contribution in [2.75, 3.05) is 6.54 Å². The van der Waals surface area contributed by atoms with Crippen LogP contribution in [0.1, 0.15) is 64.7 Å². The topological polar surface area (TPSA) is 69.6 Å². The van der Waals surface area contributed by atoms with Gasteiger partial charge in [0.25, 0.3) is 0 Å². The number of hydrogen-bond acceptors (Lipinski definition) is 3. The van der Waals surface area contributed by atoms with E-state index in [4.69, 9.17) is 10.2 Å². The molecule has 1 heterocycles. The highest BCUT2D eigenvalue weighted by atomic mass is 16.4. The SMILES string of the molecule is C=CCCCCCCCCC(=O)O.CC1CC(O)CN1. The Morgan fingerprint density at radius 3 is 2.25 bits per heavy atom. The van der Waals surface area contributed by atoms with Crippen LogP contribution in [-0.4, -0.2) is 34.9 Å². The number of nitrogens with one attached hydrogen (secondary N) is 1. The van der Waals surface area contributed by atoms with Crippen molar-refractivity contribution in [2.45, 2.75) is 76.9 Å². The zero-order chi connectivity index (χ0) is 15.2. The van der Waals surface area contributed by atoms with Gasteiger partial charge >= 0.3 is 5.97 Å². The molecule has 0 bridgehead atoms. The molecular weight excluding hydrogens is 254 g/mol. The molecule has 4 heteroatoms. The summed E-state index contributed by atoms with van der Waals surface area (Å²) in [4.78, 5) is 10.2. The van der Waals surface area contributed by atoms with Crippen LogP contribution in [0.2, 0.25) is 0 Å². The molecule has 0 aromatic rings. The smallest absolute Gasteiger partial charge is 0.303 e. The van der Waals surface area contributed by atoms with Gasteiger partial charge in [-0.1, -0.05) is 31.8 Å². The summed E-state index contributed by atoms with van der Waals surface area (Å²) in [7, 11) is 0. The van der Waals surface area contributed by atoms with Crippen molar-refractivity contribution in [1.82, 2.24) is 5.32 Å². The molecule has 0 radical (unpaired) electrons. The van der Waals surface area contributed by atoms with Crippen molar-refractivity contribution < 1.29 is 15.0 Å². The van der Waals surface area contributed by atoms with Gasteiger partial charge in [-0.15, -0.1) is 6.58 Å². The van der Waals surface area contributed by atoms with Crippen molar-refractivity contribution in [3.8, 4) is 0 Å². The molecule has 118 valence electrons. The van der Waals surface area contributed by atoms with Gasteiger partial charge in [0.05, 0.1) is 6.10 Å². The molecule has 2 unspecified atom stereocenters. The van der Waals surface area contributed by atoms with Crippen LogP contribution in [0.4, 0.5) is 0 Å². The number of aliphatic hydroxyl groups is 1. The zero-order valence-corrected chi connectivity index (χ0v) is 12.8. The molecule has 0 aliphatic carbocycles. The summed E-state index contributed by atoms with van der Waals surface area (Å²) in [6.07, 6.45) is 11.0. The fourth-order valence-electron chi connectivity index (χ4n) is 2.18. The van der Waals surface area contributed by atoms with E-state index < -0.39 is 5.97 Å². The quantitative estimate of drug-likeness (QED) is 0.450. The van der Waals surface area contributed by atoms with Gasteiger partial charge in [-0.2, -0.15) is 0 Å². The standard InChI is InChI=1S/C11H20O2.C5H11NO/c1-2-3-4-5-6-7-8-9-10-11(12)13;1-4-2-5(7)3-6-4/h2H,1,3-10H2,(H,12,13);4-7H,2-3H2,1H3.